The summed E-state index contributed by atoms with van der Waals surface area (Å²) < 4.78 is 7.49. The lowest BCUT2D eigenvalue weighted by Crippen LogP contribution is -2.17. The van der Waals surface area contributed by atoms with Crippen LogP contribution in [-0.2, 0) is 4.74 Å². The number of para-hydroxylation sites is 1. The summed E-state index contributed by atoms with van der Waals surface area (Å²) >= 11 is 0. The normalized spacial score (nSPS) is 12.1. The van der Waals surface area contributed by atoms with Gasteiger partial charge in [-0.3, -0.25) is 5.32 Å². The molecule has 6 aromatic rings. The Hall–Kier alpha value is -5.69. The fraction of sp³-hybridized carbons (Fsp3) is 0.0571. The minimum Gasteiger partial charge on any atom is -0.478 e. The first kappa shape index (κ1) is 25.3. The van der Waals surface area contributed by atoms with Crippen molar-refractivity contribution in [2.45, 2.75) is 5.92 Å². The molecule has 204 valence electrons. The monoisotopic (exact) mass is 551 g/mol. The Morgan fingerprint density at radius 2 is 1.38 bits per heavy atom. The summed E-state index contributed by atoms with van der Waals surface area (Å²) in [5.74, 6) is -0.978. The molecular weight excluding hydrogens is 526 g/mol. The highest BCUT2D eigenvalue weighted by Crippen LogP contribution is 2.44. The number of hydrogen-bond donors (Lipinski definition) is 2. The summed E-state index contributed by atoms with van der Waals surface area (Å²) in [6.45, 7) is 0.245. The summed E-state index contributed by atoms with van der Waals surface area (Å²) in [5.41, 5.74) is 8.85. The van der Waals surface area contributed by atoms with Crippen LogP contribution in [0.2, 0.25) is 0 Å². The van der Waals surface area contributed by atoms with Crippen LogP contribution in [0.25, 0.3) is 39.0 Å². The lowest BCUT2D eigenvalue weighted by atomic mass is 9.98. The zero-order valence-corrected chi connectivity index (χ0v) is 22.4. The number of carbonyl (C=O) groups excluding carboxylic acids is 1. The van der Waals surface area contributed by atoms with E-state index in [0.717, 1.165) is 27.8 Å². The number of nitrogens with zero attached hydrogens (tertiary/aromatic N) is 2. The highest BCUT2D eigenvalue weighted by molar-refractivity contribution is 5.95. The van der Waals surface area contributed by atoms with Crippen molar-refractivity contribution >= 4 is 28.7 Å². The number of hydrogen-bond acceptors (Lipinski definition) is 4. The predicted octanol–water partition coefficient (Wildman–Crippen LogP) is 7.75. The molecule has 0 spiro atoms. The van der Waals surface area contributed by atoms with Gasteiger partial charge in [0.15, 0.2) is 0 Å². The van der Waals surface area contributed by atoms with Crippen LogP contribution >= 0.6 is 0 Å². The van der Waals surface area contributed by atoms with Crippen molar-refractivity contribution in [1.82, 2.24) is 9.78 Å². The second-order valence-electron chi connectivity index (χ2n) is 10.2. The lowest BCUT2D eigenvalue weighted by molar-refractivity contribution is 0.0697. The maximum absolute atomic E-state index is 12.8. The minimum atomic E-state index is -0.973. The number of aromatic carboxylic acids is 1. The predicted molar refractivity (Wildman–Crippen MR) is 162 cm³/mol. The Kier molecular flexibility index (Phi) is 6.24. The van der Waals surface area contributed by atoms with Gasteiger partial charge in [-0.05, 0) is 64.7 Å². The van der Waals surface area contributed by atoms with Crippen molar-refractivity contribution in [2.75, 3.05) is 11.9 Å². The molecule has 0 fully saturated rings. The van der Waals surface area contributed by atoms with Gasteiger partial charge in [0.1, 0.15) is 12.3 Å². The van der Waals surface area contributed by atoms with E-state index in [2.05, 4.69) is 29.6 Å². The molecule has 0 unspecified atom stereocenters. The highest BCUT2D eigenvalue weighted by Gasteiger charge is 2.29. The number of nitrogens with one attached hydrogen (secondary N) is 1. The van der Waals surface area contributed by atoms with Crippen molar-refractivity contribution in [3.63, 3.8) is 0 Å². The maximum Gasteiger partial charge on any atom is 0.411 e. The van der Waals surface area contributed by atoms with Crippen molar-refractivity contribution in [2.24, 2.45) is 0 Å². The average molecular weight is 552 g/mol. The standard InChI is InChI=1S/C35H25N3O4/c39-34(40)23-15-19-25(20-16-23)38-32-12-6-5-11-30(32)33(37-38)22-13-17-24(18-14-22)36-35(41)42-21-31-28-9-3-1-7-26(28)27-8-2-4-10-29(27)31/h1-20,31H,21H2,(H,36,41)(H,39,40). The summed E-state index contributed by atoms with van der Waals surface area (Å²) in [6, 6.07) is 38.5. The van der Waals surface area contributed by atoms with Crippen molar-refractivity contribution in [3.05, 3.63) is 138 Å². The molecule has 2 N–H and O–H groups in total. The van der Waals surface area contributed by atoms with Gasteiger partial charge in [0.25, 0.3) is 0 Å². The topological polar surface area (TPSA) is 93.5 Å². The molecule has 1 aliphatic carbocycles. The molecular formula is C35H25N3O4. The average Bonchev–Trinajstić information content (AvgIpc) is 3.57. The van der Waals surface area contributed by atoms with E-state index in [0.29, 0.717) is 5.69 Å². The van der Waals surface area contributed by atoms with Crippen molar-refractivity contribution in [3.8, 4) is 28.1 Å². The van der Waals surface area contributed by atoms with E-state index >= 15 is 0 Å². The number of benzene rings is 5. The molecule has 1 amide bonds. The molecule has 0 bridgehead atoms. The number of carbonyl (C=O) groups is 2. The second kappa shape index (κ2) is 10.4. The SMILES string of the molecule is O=C(Nc1ccc(-c2nn(-c3ccc(C(=O)O)cc3)c3ccccc23)cc1)OCC1c2ccccc2-c2ccccc21. The van der Waals surface area contributed by atoms with E-state index in [1.54, 1.807) is 28.9 Å². The Labute approximate surface area is 241 Å². The van der Waals surface area contributed by atoms with Crippen LogP contribution in [0.4, 0.5) is 10.5 Å². The third kappa shape index (κ3) is 4.47. The van der Waals surface area contributed by atoms with E-state index < -0.39 is 12.1 Å². The van der Waals surface area contributed by atoms with E-state index in [9.17, 15) is 14.7 Å². The first-order valence-corrected chi connectivity index (χ1v) is 13.6. The Morgan fingerprint density at radius 3 is 2.05 bits per heavy atom. The van der Waals surface area contributed by atoms with Gasteiger partial charge in [0.2, 0.25) is 0 Å². The molecule has 0 saturated carbocycles. The zero-order chi connectivity index (χ0) is 28.6. The van der Waals surface area contributed by atoms with Crippen LogP contribution in [0, 0.1) is 0 Å². The van der Waals surface area contributed by atoms with E-state index in [4.69, 9.17) is 9.84 Å². The van der Waals surface area contributed by atoms with Gasteiger partial charge < -0.3 is 9.84 Å². The lowest BCUT2D eigenvalue weighted by Gasteiger charge is -2.14. The number of aromatic nitrogens is 2. The molecule has 1 aromatic heterocycles. The fourth-order valence-corrected chi connectivity index (χ4v) is 5.69. The van der Waals surface area contributed by atoms with Gasteiger partial charge in [-0.15, -0.1) is 0 Å². The molecule has 42 heavy (non-hydrogen) atoms. The van der Waals surface area contributed by atoms with Crippen LogP contribution in [0.5, 0.6) is 0 Å². The molecule has 1 aliphatic rings. The van der Waals surface area contributed by atoms with Crippen LogP contribution in [-0.4, -0.2) is 33.6 Å². The number of ether oxygens (including phenoxy) is 1. The highest BCUT2D eigenvalue weighted by atomic mass is 16.5. The molecule has 0 saturated heterocycles. The van der Waals surface area contributed by atoms with Crippen LogP contribution < -0.4 is 5.32 Å². The van der Waals surface area contributed by atoms with Crippen LogP contribution in [0.3, 0.4) is 0 Å². The van der Waals surface area contributed by atoms with E-state index in [-0.39, 0.29) is 18.1 Å². The second-order valence-corrected chi connectivity index (χ2v) is 10.2. The third-order valence-electron chi connectivity index (χ3n) is 7.69. The van der Waals surface area contributed by atoms with Crippen molar-refractivity contribution in [1.29, 1.82) is 0 Å². The summed E-state index contributed by atoms with van der Waals surface area (Å²) in [4.78, 5) is 24.0. The van der Waals surface area contributed by atoms with Crippen LogP contribution in [0.1, 0.15) is 27.4 Å². The molecule has 7 rings (SSSR count). The van der Waals surface area contributed by atoms with E-state index in [1.807, 2.05) is 72.8 Å². The number of carboxylic acid groups (broad SMARTS) is 1. The summed E-state index contributed by atoms with van der Waals surface area (Å²) in [5, 5.41) is 17.9. The van der Waals surface area contributed by atoms with Crippen LogP contribution in [0.15, 0.2) is 121 Å². The Morgan fingerprint density at radius 1 is 0.762 bits per heavy atom. The Balaban J connectivity index is 1.08. The first-order chi connectivity index (χ1) is 20.6. The maximum atomic E-state index is 12.8. The fourth-order valence-electron chi connectivity index (χ4n) is 5.69. The number of carboxylic acids is 1. The largest absolute Gasteiger partial charge is 0.478 e. The van der Waals surface area contributed by atoms with Gasteiger partial charge >= 0.3 is 12.1 Å². The van der Waals surface area contributed by atoms with Gasteiger partial charge in [-0.25, -0.2) is 14.3 Å². The number of anilines is 1. The molecule has 5 aromatic carbocycles. The Bertz CT molecular complexity index is 1910. The molecule has 0 atom stereocenters. The molecule has 0 aliphatic heterocycles. The summed E-state index contributed by atoms with van der Waals surface area (Å²) in [6.07, 6.45) is -0.510. The molecule has 7 heteroatoms. The summed E-state index contributed by atoms with van der Waals surface area (Å²) in [7, 11) is 0. The van der Waals surface area contributed by atoms with Gasteiger partial charge in [-0.1, -0.05) is 78.9 Å². The number of amides is 1. The molecule has 7 nitrogen and oxygen atoms in total. The van der Waals surface area contributed by atoms with Gasteiger partial charge in [0.05, 0.1) is 16.8 Å². The molecule has 0 radical (unpaired) electrons. The number of fused-ring (bicyclic) bond motifs is 4. The molecule has 1 heterocycles. The van der Waals surface area contributed by atoms with Gasteiger partial charge in [0, 0.05) is 22.6 Å². The van der Waals surface area contributed by atoms with Crippen molar-refractivity contribution < 1.29 is 19.4 Å². The quantitative estimate of drug-likeness (QED) is 0.221. The minimum absolute atomic E-state index is 0.00533. The van der Waals surface area contributed by atoms with Gasteiger partial charge in [-0.2, -0.15) is 5.10 Å². The first-order valence-electron chi connectivity index (χ1n) is 13.6. The third-order valence-corrected chi connectivity index (χ3v) is 7.69. The van der Waals surface area contributed by atoms with E-state index in [1.165, 1.54) is 22.3 Å². The zero-order valence-electron chi connectivity index (χ0n) is 22.4. The smallest absolute Gasteiger partial charge is 0.411 e. The number of rotatable bonds is 6.